The van der Waals surface area contributed by atoms with E-state index in [1.54, 1.807) is 12.4 Å². The van der Waals surface area contributed by atoms with Crippen LogP contribution in [-0.2, 0) is 4.74 Å². The molecule has 1 aliphatic rings. The van der Waals surface area contributed by atoms with Crippen molar-refractivity contribution in [2.45, 2.75) is 0 Å². The van der Waals surface area contributed by atoms with Crippen molar-refractivity contribution in [1.29, 1.82) is 0 Å². The van der Waals surface area contributed by atoms with Gasteiger partial charge in [-0.25, -0.2) is 0 Å². The molecule has 2 heterocycles. The van der Waals surface area contributed by atoms with Gasteiger partial charge < -0.3 is 4.74 Å². The fraction of sp³-hybridized carbons (Fsp3) is 0.400. The van der Waals surface area contributed by atoms with E-state index in [1.165, 1.54) is 0 Å². The fourth-order valence-corrected chi connectivity index (χ4v) is 1.27. The van der Waals surface area contributed by atoms with Gasteiger partial charge in [0.25, 0.3) is 0 Å². The lowest BCUT2D eigenvalue weighted by Crippen LogP contribution is -2.32. The highest BCUT2D eigenvalue weighted by atomic mass is 16.5. The minimum Gasteiger partial charge on any atom is -0.378 e. The molecule has 1 aromatic rings. The van der Waals surface area contributed by atoms with Crippen LogP contribution in [-0.4, -0.2) is 42.5 Å². The molecular weight excluding hydrogens is 178 g/mol. The maximum absolute atomic E-state index is 5.23. The third kappa shape index (κ3) is 2.53. The van der Waals surface area contributed by atoms with Crippen LogP contribution in [0.15, 0.2) is 29.6 Å². The number of aromatic nitrogens is 1. The fourth-order valence-electron chi connectivity index (χ4n) is 1.27. The van der Waals surface area contributed by atoms with Gasteiger partial charge in [-0.1, -0.05) is 0 Å². The van der Waals surface area contributed by atoms with Crippen molar-refractivity contribution < 1.29 is 4.74 Å². The summed E-state index contributed by atoms with van der Waals surface area (Å²) >= 11 is 0. The first kappa shape index (κ1) is 9.15. The van der Waals surface area contributed by atoms with Crippen LogP contribution in [0.3, 0.4) is 0 Å². The van der Waals surface area contributed by atoms with Crippen molar-refractivity contribution in [1.82, 2.24) is 9.99 Å². The van der Waals surface area contributed by atoms with E-state index in [0.29, 0.717) is 0 Å². The van der Waals surface area contributed by atoms with Crippen molar-refractivity contribution in [3.63, 3.8) is 0 Å². The molecule has 1 fully saturated rings. The molecule has 0 spiro atoms. The predicted octanol–water partition coefficient (Wildman–Crippen LogP) is 0.748. The average Bonchev–Trinajstić information content (AvgIpc) is 2.29. The molecule has 74 valence electrons. The van der Waals surface area contributed by atoms with Crippen LogP contribution in [0.25, 0.3) is 0 Å². The number of hydrogen-bond acceptors (Lipinski definition) is 4. The first-order valence-electron chi connectivity index (χ1n) is 4.72. The monoisotopic (exact) mass is 191 g/mol. The standard InChI is InChI=1S/C10H13N3O/c1-3-11-4-2-10(1)9-12-13-5-7-14-8-6-13/h1-4,9H,5-8H2/b12-9-. The number of morpholine rings is 1. The number of hydrazone groups is 1. The lowest BCUT2D eigenvalue weighted by Gasteiger charge is -2.23. The van der Waals surface area contributed by atoms with Gasteiger partial charge in [0, 0.05) is 12.4 Å². The average molecular weight is 191 g/mol. The third-order valence-corrected chi connectivity index (χ3v) is 2.06. The molecule has 4 nitrogen and oxygen atoms in total. The summed E-state index contributed by atoms with van der Waals surface area (Å²) < 4.78 is 5.23. The summed E-state index contributed by atoms with van der Waals surface area (Å²) in [7, 11) is 0. The predicted molar refractivity (Wildman–Crippen MR) is 54.2 cm³/mol. The van der Waals surface area contributed by atoms with E-state index in [1.807, 2.05) is 23.4 Å². The summed E-state index contributed by atoms with van der Waals surface area (Å²) in [5, 5.41) is 6.37. The second-order valence-electron chi connectivity index (χ2n) is 3.09. The highest BCUT2D eigenvalue weighted by molar-refractivity contribution is 5.78. The van der Waals surface area contributed by atoms with Crippen LogP contribution in [0.4, 0.5) is 0 Å². The van der Waals surface area contributed by atoms with Gasteiger partial charge in [0.15, 0.2) is 0 Å². The molecule has 0 N–H and O–H groups in total. The van der Waals surface area contributed by atoms with E-state index in [9.17, 15) is 0 Å². The second-order valence-corrected chi connectivity index (χ2v) is 3.09. The van der Waals surface area contributed by atoms with Crippen molar-refractivity contribution in [2.75, 3.05) is 26.3 Å². The first-order valence-corrected chi connectivity index (χ1v) is 4.72. The van der Waals surface area contributed by atoms with Crippen molar-refractivity contribution in [3.8, 4) is 0 Å². The second kappa shape index (κ2) is 4.72. The summed E-state index contributed by atoms with van der Waals surface area (Å²) in [6.45, 7) is 3.30. The molecule has 0 aliphatic carbocycles. The SMILES string of the molecule is C(=N/N1CCOCC1)/c1ccncc1. The number of nitrogens with zero attached hydrogens (tertiary/aromatic N) is 3. The minimum atomic E-state index is 0.772. The van der Waals surface area contributed by atoms with Crippen LogP contribution in [0.1, 0.15) is 5.56 Å². The van der Waals surface area contributed by atoms with Gasteiger partial charge in [-0.2, -0.15) is 5.10 Å². The lowest BCUT2D eigenvalue weighted by atomic mass is 10.3. The third-order valence-electron chi connectivity index (χ3n) is 2.06. The summed E-state index contributed by atoms with van der Waals surface area (Å²) in [5.41, 5.74) is 1.08. The van der Waals surface area contributed by atoms with Crippen molar-refractivity contribution in [2.24, 2.45) is 5.10 Å². The van der Waals surface area contributed by atoms with Crippen LogP contribution >= 0.6 is 0 Å². The van der Waals surface area contributed by atoms with Gasteiger partial charge in [0.1, 0.15) is 0 Å². The van der Waals surface area contributed by atoms with Crippen molar-refractivity contribution >= 4 is 6.21 Å². The molecule has 0 unspecified atom stereocenters. The molecule has 4 heteroatoms. The summed E-state index contributed by atoms with van der Waals surface area (Å²) in [6.07, 6.45) is 5.38. The van der Waals surface area contributed by atoms with Gasteiger partial charge in [0.2, 0.25) is 0 Å². The van der Waals surface area contributed by atoms with E-state index in [-0.39, 0.29) is 0 Å². The minimum absolute atomic E-state index is 0.772. The van der Waals surface area contributed by atoms with Crippen LogP contribution in [0.5, 0.6) is 0 Å². The molecule has 0 aromatic carbocycles. The van der Waals surface area contributed by atoms with Crippen LogP contribution < -0.4 is 0 Å². The quantitative estimate of drug-likeness (QED) is 0.647. The zero-order valence-electron chi connectivity index (χ0n) is 7.97. The molecule has 0 bridgehead atoms. The Morgan fingerprint density at radius 2 is 2.00 bits per heavy atom. The number of pyridine rings is 1. The van der Waals surface area contributed by atoms with Gasteiger partial charge >= 0.3 is 0 Å². The van der Waals surface area contributed by atoms with E-state index in [4.69, 9.17) is 4.74 Å². The first-order chi connectivity index (χ1) is 6.95. The Balaban J connectivity index is 1.93. The molecule has 1 aliphatic heterocycles. The lowest BCUT2D eigenvalue weighted by molar-refractivity contribution is 0.0397. The maximum Gasteiger partial charge on any atom is 0.0659 e. The Hall–Kier alpha value is -1.42. The molecule has 0 amide bonds. The molecule has 0 saturated carbocycles. The highest BCUT2D eigenvalue weighted by Gasteiger charge is 2.05. The van der Waals surface area contributed by atoms with E-state index in [2.05, 4.69) is 10.1 Å². The van der Waals surface area contributed by atoms with Crippen LogP contribution in [0.2, 0.25) is 0 Å². The number of hydrogen-bond donors (Lipinski definition) is 0. The van der Waals surface area contributed by atoms with E-state index < -0.39 is 0 Å². The Morgan fingerprint density at radius 1 is 1.29 bits per heavy atom. The summed E-state index contributed by atoms with van der Waals surface area (Å²) in [6, 6.07) is 3.87. The van der Waals surface area contributed by atoms with E-state index >= 15 is 0 Å². The Labute approximate surface area is 83.2 Å². The van der Waals surface area contributed by atoms with Gasteiger partial charge in [0.05, 0.1) is 32.5 Å². The molecular formula is C10H13N3O. The Bertz CT molecular complexity index is 293. The normalized spacial score (nSPS) is 17.6. The molecule has 0 radical (unpaired) electrons. The van der Waals surface area contributed by atoms with Gasteiger partial charge in [-0.05, 0) is 17.7 Å². The zero-order valence-corrected chi connectivity index (χ0v) is 7.97. The topological polar surface area (TPSA) is 37.7 Å². The zero-order chi connectivity index (χ0) is 9.64. The molecule has 1 saturated heterocycles. The largest absolute Gasteiger partial charge is 0.378 e. The van der Waals surface area contributed by atoms with E-state index in [0.717, 1.165) is 31.9 Å². The molecule has 2 rings (SSSR count). The van der Waals surface area contributed by atoms with Gasteiger partial charge in [-0.15, -0.1) is 0 Å². The Kier molecular flexibility index (Phi) is 3.08. The molecule has 0 atom stereocenters. The number of rotatable bonds is 2. The molecule has 14 heavy (non-hydrogen) atoms. The van der Waals surface area contributed by atoms with Gasteiger partial charge in [-0.3, -0.25) is 9.99 Å². The maximum atomic E-state index is 5.23. The highest BCUT2D eigenvalue weighted by Crippen LogP contribution is 1.98. The van der Waals surface area contributed by atoms with Crippen molar-refractivity contribution in [3.05, 3.63) is 30.1 Å². The Morgan fingerprint density at radius 3 is 2.71 bits per heavy atom. The molecule has 1 aromatic heterocycles. The summed E-state index contributed by atoms with van der Waals surface area (Å²) in [5.74, 6) is 0. The smallest absolute Gasteiger partial charge is 0.0659 e. The summed E-state index contributed by atoms with van der Waals surface area (Å²) in [4.78, 5) is 3.94. The van der Waals surface area contributed by atoms with Crippen LogP contribution in [0, 0.1) is 0 Å². The number of ether oxygens (including phenoxy) is 1.